The average Bonchev–Trinajstić information content (AvgIpc) is 3.18. The van der Waals surface area contributed by atoms with Gasteiger partial charge in [-0.2, -0.15) is 0 Å². The third-order valence-electron chi connectivity index (χ3n) is 5.81. The second-order valence-electron chi connectivity index (χ2n) is 7.95. The Morgan fingerprint density at radius 3 is 2.38 bits per heavy atom. The van der Waals surface area contributed by atoms with E-state index in [0.717, 1.165) is 15.6 Å². The summed E-state index contributed by atoms with van der Waals surface area (Å²) in [6.07, 6.45) is 0.714. The van der Waals surface area contributed by atoms with Crippen molar-refractivity contribution in [3.63, 3.8) is 0 Å². The summed E-state index contributed by atoms with van der Waals surface area (Å²) >= 11 is 6.03. The molecule has 4 rings (SSSR count). The van der Waals surface area contributed by atoms with Gasteiger partial charge in [0.15, 0.2) is 11.5 Å². The number of carbonyl (C=O) groups is 1. The third kappa shape index (κ3) is 4.43. The summed E-state index contributed by atoms with van der Waals surface area (Å²) in [6.45, 7) is 1.57. The zero-order valence-electron chi connectivity index (χ0n) is 19.1. The van der Waals surface area contributed by atoms with Gasteiger partial charge >= 0.3 is 0 Å². The number of methoxy groups -OCH3 is 2. The second kappa shape index (κ2) is 9.56. The predicted octanol–water partition coefficient (Wildman–Crippen LogP) is 4.53. The minimum Gasteiger partial charge on any atom is -0.493 e. The molecule has 1 unspecified atom stereocenters. The molecule has 0 saturated carbocycles. The number of sulfonamides is 1. The van der Waals surface area contributed by atoms with Crippen molar-refractivity contribution >= 4 is 38.9 Å². The Morgan fingerprint density at radius 1 is 1.03 bits per heavy atom. The molecule has 1 atom stereocenters. The van der Waals surface area contributed by atoms with Gasteiger partial charge in [-0.1, -0.05) is 29.8 Å². The van der Waals surface area contributed by atoms with Crippen molar-refractivity contribution in [1.82, 2.24) is 0 Å². The first-order chi connectivity index (χ1) is 16.3. The van der Waals surface area contributed by atoms with E-state index >= 15 is 0 Å². The van der Waals surface area contributed by atoms with E-state index in [1.54, 1.807) is 29.2 Å². The Morgan fingerprint density at radius 2 is 1.71 bits per heavy atom. The van der Waals surface area contributed by atoms with E-state index in [1.807, 2.05) is 31.2 Å². The molecule has 7 nitrogen and oxygen atoms in total. The van der Waals surface area contributed by atoms with E-state index in [-0.39, 0.29) is 29.1 Å². The molecule has 0 aromatic heterocycles. The fraction of sp³-hybridized carbons (Fsp3) is 0.240. The van der Waals surface area contributed by atoms with Gasteiger partial charge in [-0.05, 0) is 61.4 Å². The lowest BCUT2D eigenvalue weighted by molar-refractivity contribution is -0.117. The van der Waals surface area contributed by atoms with Crippen LogP contribution in [-0.2, 0) is 21.2 Å². The number of para-hydroxylation sites is 1. The first-order valence-corrected chi connectivity index (χ1v) is 12.5. The summed E-state index contributed by atoms with van der Waals surface area (Å²) in [5.74, 6) is 0.350. The largest absolute Gasteiger partial charge is 0.493 e. The lowest BCUT2D eigenvalue weighted by Crippen LogP contribution is -2.45. The molecule has 0 bridgehead atoms. The molecule has 0 saturated heterocycles. The van der Waals surface area contributed by atoms with Crippen LogP contribution in [0.5, 0.6) is 11.5 Å². The number of amides is 1. The summed E-state index contributed by atoms with van der Waals surface area (Å²) in [7, 11) is -1.23. The Hall–Kier alpha value is -3.23. The van der Waals surface area contributed by atoms with Crippen molar-refractivity contribution in [3.05, 3.63) is 77.3 Å². The molecule has 34 heavy (non-hydrogen) atoms. The molecule has 0 spiro atoms. The maximum absolute atomic E-state index is 13.8. The van der Waals surface area contributed by atoms with Crippen molar-refractivity contribution in [2.24, 2.45) is 0 Å². The maximum atomic E-state index is 13.8. The number of hydrogen-bond donors (Lipinski definition) is 0. The summed E-state index contributed by atoms with van der Waals surface area (Å²) in [4.78, 5) is 15.2. The average molecular weight is 501 g/mol. The number of carbonyl (C=O) groups excluding carboxylic acids is 1. The maximum Gasteiger partial charge on any atom is 0.264 e. The monoisotopic (exact) mass is 500 g/mol. The topological polar surface area (TPSA) is 76.2 Å². The lowest BCUT2D eigenvalue weighted by Gasteiger charge is -2.29. The van der Waals surface area contributed by atoms with Crippen LogP contribution in [0.25, 0.3) is 0 Å². The molecule has 1 aliphatic rings. The first-order valence-electron chi connectivity index (χ1n) is 10.7. The summed E-state index contributed by atoms with van der Waals surface area (Å²) in [6, 6.07) is 18.3. The van der Waals surface area contributed by atoms with E-state index in [9.17, 15) is 13.2 Å². The Labute approximate surface area is 204 Å². The highest BCUT2D eigenvalue weighted by Crippen LogP contribution is 2.35. The van der Waals surface area contributed by atoms with Gasteiger partial charge < -0.3 is 14.4 Å². The molecule has 1 aliphatic heterocycles. The van der Waals surface area contributed by atoms with Crippen molar-refractivity contribution in [1.29, 1.82) is 0 Å². The van der Waals surface area contributed by atoms with E-state index in [0.29, 0.717) is 22.9 Å². The van der Waals surface area contributed by atoms with E-state index in [2.05, 4.69) is 0 Å². The second-order valence-corrected chi connectivity index (χ2v) is 10.2. The summed E-state index contributed by atoms with van der Waals surface area (Å²) in [5, 5.41) is 0.459. The molecule has 9 heteroatoms. The third-order valence-corrected chi connectivity index (χ3v) is 7.83. The number of ether oxygens (including phenoxy) is 2. The molecule has 0 N–H and O–H groups in total. The van der Waals surface area contributed by atoms with Crippen molar-refractivity contribution < 1.29 is 22.7 Å². The molecule has 3 aromatic carbocycles. The number of hydrogen-bond acceptors (Lipinski definition) is 5. The highest BCUT2D eigenvalue weighted by molar-refractivity contribution is 7.92. The molecule has 0 aliphatic carbocycles. The van der Waals surface area contributed by atoms with Gasteiger partial charge in [-0.25, -0.2) is 8.42 Å². The number of nitrogens with zero attached hydrogens (tertiary/aromatic N) is 2. The van der Waals surface area contributed by atoms with Crippen molar-refractivity contribution in [2.45, 2.75) is 24.3 Å². The zero-order valence-corrected chi connectivity index (χ0v) is 20.6. The van der Waals surface area contributed by atoms with Crippen LogP contribution in [-0.4, -0.2) is 41.1 Å². The number of anilines is 2. The number of halogens is 1. The standard InChI is InChI=1S/C25H25ClN2O5S/c1-17-14-18-6-4-5-7-22(18)28(17)25(29)16-27(20-10-8-19(26)9-11-20)34(30,31)21-12-13-23(32-2)24(15-21)33-3/h4-13,15,17H,14,16H2,1-3H3. The van der Waals surface area contributed by atoms with Gasteiger partial charge in [-0.3, -0.25) is 9.10 Å². The molecule has 1 heterocycles. The lowest BCUT2D eigenvalue weighted by atomic mass is 10.1. The first kappa shape index (κ1) is 23.9. The number of rotatable bonds is 7. The number of fused-ring (bicyclic) bond motifs is 1. The van der Waals surface area contributed by atoms with Gasteiger partial charge in [-0.15, -0.1) is 0 Å². The van der Waals surface area contributed by atoms with Crippen LogP contribution in [0.3, 0.4) is 0 Å². The van der Waals surface area contributed by atoms with E-state index < -0.39 is 10.0 Å². The van der Waals surface area contributed by atoms with Gasteiger partial charge in [0.2, 0.25) is 5.91 Å². The van der Waals surface area contributed by atoms with Crippen LogP contribution < -0.4 is 18.7 Å². The fourth-order valence-electron chi connectivity index (χ4n) is 4.17. The SMILES string of the molecule is COc1ccc(S(=O)(=O)N(CC(=O)N2c3ccccc3CC2C)c2ccc(Cl)cc2)cc1OC. The van der Waals surface area contributed by atoms with Crippen molar-refractivity contribution in [3.8, 4) is 11.5 Å². The smallest absolute Gasteiger partial charge is 0.264 e. The van der Waals surface area contributed by atoms with Crippen molar-refractivity contribution in [2.75, 3.05) is 30.0 Å². The molecule has 178 valence electrons. The highest BCUT2D eigenvalue weighted by Gasteiger charge is 2.35. The Balaban J connectivity index is 1.75. The minimum absolute atomic E-state index is 0.0252. The molecule has 3 aromatic rings. The van der Waals surface area contributed by atoms with Gasteiger partial charge in [0.05, 0.1) is 24.8 Å². The van der Waals surface area contributed by atoms with E-state index in [1.165, 1.54) is 32.4 Å². The van der Waals surface area contributed by atoms with Crippen LogP contribution in [0.1, 0.15) is 12.5 Å². The van der Waals surface area contributed by atoms with Gasteiger partial charge in [0, 0.05) is 22.8 Å². The summed E-state index contributed by atoms with van der Waals surface area (Å²) < 4.78 is 39.2. The predicted molar refractivity (Wildman–Crippen MR) is 133 cm³/mol. The van der Waals surface area contributed by atoms with Crippen LogP contribution in [0, 0.1) is 0 Å². The van der Waals surface area contributed by atoms with Crippen LogP contribution >= 0.6 is 11.6 Å². The summed E-state index contributed by atoms with van der Waals surface area (Å²) in [5.41, 5.74) is 2.19. The molecule has 0 radical (unpaired) electrons. The van der Waals surface area contributed by atoms with E-state index in [4.69, 9.17) is 21.1 Å². The minimum atomic E-state index is -4.14. The number of benzene rings is 3. The van der Waals surface area contributed by atoms with Gasteiger partial charge in [0.1, 0.15) is 6.54 Å². The van der Waals surface area contributed by atoms with Crippen LogP contribution in [0.4, 0.5) is 11.4 Å². The van der Waals surface area contributed by atoms with Crippen LogP contribution in [0.15, 0.2) is 71.6 Å². The Bertz CT molecular complexity index is 1310. The highest BCUT2D eigenvalue weighted by atomic mass is 35.5. The normalized spacial score (nSPS) is 15.1. The molecular weight excluding hydrogens is 476 g/mol. The zero-order chi connectivity index (χ0) is 24.5. The molecule has 0 fully saturated rings. The molecular formula is C25H25ClN2O5S. The quantitative estimate of drug-likeness (QED) is 0.476. The Kier molecular flexibility index (Phi) is 6.72. The fourth-order valence-corrected chi connectivity index (χ4v) is 5.73. The molecule has 1 amide bonds. The van der Waals surface area contributed by atoms with Crippen LogP contribution in [0.2, 0.25) is 5.02 Å². The van der Waals surface area contributed by atoms with Gasteiger partial charge in [0.25, 0.3) is 10.0 Å².